The van der Waals surface area contributed by atoms with Gasteiger partial charge in [0.05, 0.1) is 6.04 Å². The zero-order valence-corrected chi connectivity index (χ0v) is 13.4. The minimum absolute atomic E-state index is 0.245. The molecule has 1 unspecified atom stereocenters. The number of benzene rings is 1. The lowest BCUT2D eigenvalue weighted by molar-refractivity contribution is 0.571. The summed E-state index contributed by atoms with van der Waals surface area (Å²) in [7, 11) is 0. The summed E-state index contributed by atoms with van der Waals surface area (Å²) in [6, 6.07) is 6.06. The van der Waals surface area contributed by atoms with E-state index in [1.165, 1.54) is 4.88 Å². The first-order valence-corrected chi connectivity index (χ1v) is 7.64. The van der Waals surface area contributed by atoms with Crippen LogP contribution in [0.25, 0.3) is 0 Å². The Morgan fingerprint density at radius 2 is 2.28 bits per heavy atom. The lowest BCUT2D eigenvalue weighted by Gasteiger charge is -2.12. The Hall–Kier alpha value is -0.420. The highest BCUT2D eigenvalue weighted by Gasteiger charge is 2.09. The Morgan fingerprint density at radius 1 is 1.50 bits per heavy atom. The Kier molecular flexibility index (Phi) is 4.78. The van der Waals surface area contributed by atoms with E-state index in [0.717, 1.165) is 26.6 Å². The summed E-state index contributed by atoms with van der Waals surface area (Å²) in [6.07, 6.45) is 1.91. The van der Waals surface area contributed by atoms with E-state index in [1.54, 1.807) is 11.3 Å². The van der Waals surface area contributed by atoms with Crippen molar-refractivity contribution < 1.29 is 0 Å². The third-order valence-corrected chi connectivity index (χ3v) is 4.72. The maximum Gasteiger partial charge on any atom is 0.109 e. The van der Waals surface area contributed by atoms with Crippen molar-refractivity contribution in [1.29, 1.82) is 0 Å². The molecule has 0 aliphatic carbocycles. The van der Waals surface area contributed by atoms with E-state index in [2.05, 4.69) is 40.1 Å². The van der Waals surface area contributed by atoms with Crippen LogP contribution < -0.4 is 5.32 Å². The monoisotopic (exact) mass is 344 g/mol. The number of aromatic nitrogens is 1. The number of aryl methyl sites for hydroxylation is 1. The Balaban J connectivity index is 2.01. The van der Waals surface area contributed by atoms with E-state index < -0.39 is 0 Å². The van der Waals surface area contributed by atoms with Crippen molar-refractivity contribution in [3.05, 3.63) is 49.3 Å². The van der Waals surface area contributed by atoms with Crippen molar-refractivity contribution in [2.24, 2.45) is 0 Å². The fourth-order valence-electron chi connectivity index (χ4n) is 1.60. The molecule has 1 N–H and O–H groups in total. The standard InChI is InChI=1S/C13H14BrClN2S/c1-8-6-17-13(18-8)9(2)16-7-10-5-11(15)3-4-12(10)14/h3-6,9,16H,7H2,1-2H3. The first-order chi connectivity index (χ1) is 8.56. The molecule has 0 saturated heterocycles. The molecule has 0 bridgehead atoms. The van der Waals surface area contributed by atoms with Crippen LogP contribution in [0.2, 0.25) is 5.02 Å². The van der Waals surface area contributed by atoms with Gasteiger partial charge in [0.25, 0.3) is 0 Å². The molecule has 1 atom stereocenters. The minimum Gasteiger partial charge on any atom is -0.304 e. The topological polar surface area (TPSA) is 24.9 Å². The molecular formula is C13H14BrClN2S. The molecule has 18 heavy (non-hydrogen) atoms. The van der Waals surface area contributed by atoms with Gasteiger partial charge in [-0.1, -0.05) is 27.5 Å². The predicted molar refractivity (Wildman–Crippen MR) is 81.3 cm³/mol. The average molecular weight is 346 g/mol. The fraction of sp³-hybridized carbons (Fsp3) is 0.308. The Labute approximate surface area is 125 Å². The van der Waals surface area contributed by atoms with Gasteiger partial charge in [0.15, 0.2) is 0 Å². The smallest absolute Gasteiger partial charge is 0.109 e. The summed E-state index contributed by atoms with van der Waals surface area (Å²) in [5, 5.41) is 5.33. The van der Waals surface area contributed by atoms with Crippen LogP contribution in [0.1, 0.15) is 28.4 Å². The first-order valence-electron chi connectivity index (χ1n) is 5.66. The minimum atomic E-state index is 0.245. The molecule has 2 rings (SSSR count). The van der Waals surface area contributed by atoms with Gasteiger partial charge in [0.1, 0.15) is 5.01 Å². The van der Waals surface area contributed by atoms with Gasteiger partial charge in [-0.05, 0) is 37.6 Å². The molecule has 0 aliphatic heterocycles. The SMILES string of the molecule is Cc1cnc(C(C)NCc2cc(Cl)ccc2Br)s1. The molecule has 2 nitrogen and oxygen atoms in total. The van der Waals surface area contributed by atoms with Crippen LogP contribution in [0.4, 0.5) is 0 Å². The molecule has 96 valence electrons. The first kappa shape index (κ1) is 14.0. The van der Waals surface area contributed by atoms with E-state index >= 15 is 0 Å². The molecule has 0 fully saturated rings. The number of hydrogen-bond donors (Lipinski definition) is 1. The normalized spacial score (nSPS) is 12.7. The van der Waals surface area contributed by atoms with Crippen LogP contribution >= 0.6 is 38.9 Å². The van der Waals surface area contributed by atoms with Crippen LogP contribution in [0.15, 0.2) is 28.9 Å². The fourth-order valence-corrected chi connectivity index (χ4v) is 2.98. The van der Waals surface area contributed by atoms with E-state index in [1.807, 2.05) is 24.4 Å². The summed E-state index contributed by atoms with van der Waals surface area (Å²) >= 11 is 11.2. The summed E-state index contributed by atoms with van der Waals surface area (Å²) in [5.41, 5.74) is 1.16. The van der Waals surface area contributed by atoms with E-state index in [9.17, 15) is 0 Å². The molecule has 1 aromatic heterocycles. The van der Waals surface area contributed by atoms with Gasteiger partial charge in [-0.15, -0.1) is 11.3 Å². The molecule has 1 aromatic carbocycles. The maximum atomic E-state index is 5.99. The molecule has 0 spiro atoms. The number of rotatable bonds is 4. The largest absolute Gasteiger partial charge is 0.304 e. The van der Waals surface area contributed by atoms with E-state index in [4.69, 9.17) is 11.6 Å². The number of halogens is 2. The molecule has 2 aromatic rings. The van der Waals surface area contributed by atoms with E-state index in [0.29, 0.717) is 0 Å². The second-order valence-electron chi connectivity index (χ2n) is 4.15. The lowest BCUT2D eigenvalue weighted by Crippen LogP contribution is -2.18. The van der Waals surface area contributed by atoms with Crippen molar-refractivity contribution in [1.82, 2.24) is 10.3 Å². The van der Waals surface area contributed by atoms with Crippen LogP contribution in [0.3, 0.4) is 0 Å². The average Bonchev–Trinajstić information content (AvgIpc) is 2.77. The molecular weight excluding hydrogens is 332 g/mol. The van der Waals surface area contributed by atoms with Gasteiger partial charge >= 0.3 is 0 Å². The van der Waals surface area contributed by atoms with Crippen molar-refractivity contribution in [2.75, 3.05) is 0 Å². The van der Waals surface area contributed by atoms with Gasteiger partial charge < -0.3 is 5.32 Å². The third-order valence-electron chi connectivity index (χ3n) is 2.62. The van der Waals surface area contributed by atoms with E-state index in [-0.39, 0.29) is 6.04 Å². The molecule has 0 amide bonds. The highest BCUT2D eigenvalue weighted by atomic mass is 79.9. The molecule has 0 aliphatic rings. The zero-order valence-electron chi connectivity index (χ0n) is 10.2. The highest BCUT2D eigenvalue weighted by Crippen LogP contribution is 2.23. The lowest BCUT2D eigenvalue weighted by atomic mass is 10.2. The van der Waals surface area contributed by atoms with Crippen LogP contribution in [-0.2, 0) is 6.54 Å². The van der Waals surface area contributed by atoms with Gasteiger partial charge in [-0.2, -0.15) is 0 Å². The molecule has 0 radical (unpaired) electrons. The Morgan fingerprint density at radius 3 is 2.94 bits per heavy atom. The van der Waals surface area contributed by atoms with Gasteiger partial charge in [-0.25, -0.2) is 4.98 Å². The Bertz CT molecular complexity index is 542. The summed E-state index contributed by atoms with van der Waals surface area (Å²) in [6.45, 7) is 4.96. The maximum absolute atomic E-state index is 5.99. The van der Waals surface area contributed by atoms with Crippen LogP contribution in [0, 0.1) is 6.92 Å². The van der Waals surface area contributed by atoms with Gasteiger partial charge in [-0.3, -0.25) is 0 Å². The van der Waals surface area contributed by atoms with Crippen molar-refractivity contribution >= 4 is 38.9 Å². The van der Waals surface area contributed by atoms with Crippen LogP contribution in [0.5, 0.6) is 0 Å². The number of nitrogens with one attached hydrogen (secondary N) is 1. The molecule has 1 heterocycles. The number of hydrogen-bond acceptors (Lipinski definition) is 3. The predicted octanol–water partition coefficient (Wildman–Crippen LogP) is 4.72. The number of thiazole rings is 1. The van der Waals surface area contributed by atoms with Crippen molar-refractivity contribution in [2.45, 2.75) is 26.4 Å². The second-order valence-corrected chi connectivity index (χ2v) is 6.70. The third kappa shape index (κ3) is 3.54. The summed E-state index contributed by atoms with van der Waals surface area (Å²) in [5.74, 6) is 0. The summed E-state index contributed by atoms with van der Waals surface area (Å²) < 4.78 is 1.07. The zero-order chi connectivity index (χ0) is 13.1. The summed E-state index contributed by atoms with van der Waals surface area (Å²) in [4.78, 5) is 5.62. The molecule has 5 heteroatoms. The van der Waals surface area contributed by atoms with Gasteiger partial charge in [0.2, 0.25) is 0 Å². The quantitative estimate of drug-likeness (QED) is 0.867. The van der Waals surface area contributed by atoms with Crippen molar-refractivity contribution in [3.63, 3.8) is 0 Å². The number of nitrogens with zero attached hydrogens (tertiary/aromatic N) is 1. The second kappa shape index (κ2) is 6.15. The van der Waals surface area contributed by atoms with Gasteiger partial charge in [0, 0.05) is 27.1 Å². The highest BCUT2D eigenvalue weighted by molar-refractivity contribution is 9.10. The van der Waals surface area contributed by atoms with Crippen LogP contribution in [-0.4, -0.2) is 4.98 Å². The van der Waals surface area contributed by atoms with Crippen molar-refractivity contribution in [3.8, 4) is 0 Å². The molecule has 0 saturated carbocycles.